The van der Waals surface area contributed by atoms with E-state index in [2.05, 4.69) is 66.2 Å². The molecular weight excluding hydrogens is 308 g/mol. The highest BCUT2D eigenvalue weighted by Crippen LogP contribution is 2.38. The Morgan fingerprint density at radius 1 is 1.00 bits per heavy atom. The zero-order valence-electron chi connectivity index (χ0n) is 10.8. The minimum absolute atomic E-state index is 0.0954. The number of halogens is 2. The van der Waals surface area contributed by atoms with E-state index in [1.165, 1.54) is 16.3 Å². The maximum Gasteiger partial charge on any atom is 0.0619 e. The van der Waals surface area contributed by atoms with Gasteiger partial charge < -0.3 is 0 Å². The first kappa shape index (κ1) is 13.9. The van der Waals surface area contributed by atoms with Gasteiger partial charge in [-0.2, -0.15) is 0 Å². The fraction of sp³-hybridized carbons (Fsp3) is 0.375. The lowest BCUT2D eigenvalue weighted by atomic mass is 9.91. The van der Waals surface area contributed by atoms with E-state index in [0.29, 0.717) is 5.92 Å². The van der Waals surface area contributed by atoms with Gasteiger partial charge >= 0.3 is 0 Å². The summed E-state index contributed by atoms with van der Waals surface area (Å²) >= 11 is 10.3. The van der Waals surface area contributed by atoms with E-state index in [4.69, 9.17) is 11.6 Å². The predicted octanol–water partition coefficient (Wildman–Crippen LogP) is 6.32. The second-order valence-corrected chi connectivity index (χ2v) is 5.99. The molecule has 0 bridgehead atoms. The maximum atomic E-state index is 6.69. The highest BCUT2D eigenvalue weighted by atomic mass is 79.9. The monoisotopic (exact) mass is 324 g/mol. The van der Waals surface area contributed by atoms with Crippen molar-refractivity contribution in [1.29, 1.82) is 0 Å². The van der Waals surface area contributed by atoms with Crippen molar-refractivity contribution >= 4 is 38.3 Å². The van der Waals surface area contributed by atoms with Gasteiger partial charge in [0.15, 0.2) is 0 Å². The smallest absolute Gasteiger partial charge is 0.0619 e. The lowest BCUT2D eigenvalue weighted by molar-refractivity contribution is 0.477. The van der Waals surface area contributed by atoms with Gasteiger partial charge in [0, 0.05) is 4.47 Å². The normalized spacial score (nSPS) is 13.2. The van der Waals surface area contributed by atoms with Crippen LogP contribution in [0.1, 0.15) is 37.6 Å². The molecule has 0 aromatic heterocycles. The van der Waals surface area contributed by atoms with Crippen LogP contribution in [0, 0.1) is 5.92 Å². The van der Waals surface area contributed by atoms with Crippen LogP contribution in [0.5, 0.6) is 0 Å². The SMILES string of the molecule is CCC(CC)C(Cl)c1ccc(Br)c2ccccc12. The fourth-order valence-corrected chi connectivity index (χ4v) is 3.51. The number of fused-ring (bicyclic) bond motifs is 1. The van der Waals surface area contributed by atoms with Crippen LogP contribution >= 0.6 is 27.5 Å². The molecule has 2 aromatic carbocycles. The average molecular weight is 326 g/mol. The van der Waals surface area contributed by atoms with Gasteiger partial charge in [0.1, 0.15) is 0 Å². The van der Waals surface area contributed by atoms with Crippen LogP contribution < -0.4 is 0 Å². The molecule has 2 rings (SSSR count). The first-order valence-corrected chi connectivity index (χ1v) is 7.73. The zero-order chi connectivity index (χ0) is 13.1. The molecule has 0 saturated carbocycles. The molecule has 0 spiro atoms. The Morgan fingerprint density at radius 3 is 2.22 bits per heavy atom. The van der Waals surface area contributed by atoms with Gasteiger partial charge in [0.2, 0.25) is 0 Å². The lowest BCUT2D eigenvalue weighted by Gasteiger charge is -2.21. The average Bonchev–Trinajstić information content (AvgIpc) is 2.41. The summed E-state index contributed by atoms with van der Waals surface area (Å²) in [7, 11) is 0. The van der Waals surface area contributed by atoms with Crippen molar-refractivity contribution in [3.63, 3.8) is 0 Å². The standard InChI is InChI=1S/C16H18BrCl/c1-3-11(4-2)16(18)14-9-10-15(17)13-8-6-5-7-12(13)14/h5-11,16H,3-4H2,1-2H3. The molecule has 2 heteroatoms. The Bertz CT molecular complexity index is 532. The second kappa shape index (κ2) is 6.08. The first-order chi connectivity index (χ1) is 8.69. The molecule has 96 valence electrons. The van der Waals surface area contributed by atoms with Crippen molar-refractivity contribution in [2.24, 2.45) is 5.92 Å². The number of rotatable bonds is 4. The van der Waals surface area contributed by atoms with Crippen molar-refractivity contribution in [3.05, 3.63) is 46.4 Å². The van der Waals surface area contributed by atoms with Gasteiger partial charge in [-0.3, -0.25) is 0 Å². The van der Waals surface area contributed by atoms with E-state index >= 15 is 0 Å². The van der Waals surface area contributed by atoms with Crippen LogP contribution in [0.25, 0.3) is 10.8 Å². The number of hydrogen-bond donors (Lipinski definition) is 0. The largest absolute Gasteiger partial charge is 0.117 e. The molecule has 0 radical (unpaired) electrons. The van der Waals surface area contributed by atoms with Gasteiger partial charge in [0.25, 0.3) is 0 Å². The van der Waals surface area contributed by atoms with Crippen LogP contribution in [-0.2, 0) is 0 Å². The Balaban J connectivity index is 2.54. The van der Waals surface area contributed by atoms with E-state index in [-0.39, 0.29) is 5.38 Å². The maximum absolute atomic E-state index is 6.69. The van der Waals surface area contributed by atoms with Crippen LogP contribution in [0.15, 0.2) is 40.9 Å². The molecule has 0 N–H and O–H groups in total. The summed E-state index contributed by atoms with van der Waals surface area (Å²) in [5.41, 5.74) is 1.25. The van der Waals surface area contributed by atoms with Crippen molar-refractivity contribution in [1.82, 2.24) is 0 Å². The highest BCUT2D eigenvalue weighted by molar-refractivity contribution is 9.10. The van der Waals surface area contributed by atoms with E-state index in [0.717, 1.165) is 17.3 Å². The van der Waals surface area contributed by atoms with Gasteiger partial charge in [-0.15, -0.1) is 11.6 Å². The summed E-state index contributed by atoms with van der Waals surface area (Å²) in [4.78, 5) is 0. The number of hydrogen-bond acceptors (Lipinski definition) is 0. The molecule has 0 fully saturated rings. The number of alkyl halides is 1. The first-order valence-electron chi connectivity index (χ1n) is 6.50. The van der Waals surface area contributed by atoms with E-state index in [9.17, 15) is 0 Å². The Morgan fingerprint density at radius 2 is 1.61 bits per heavy atom. The third-order valence-electron chi connectivity index (χ3n) is 3.66. The summed E-state index contributed by atoms with van der Waals surface area (Å²) in [6, 6.07) is 12.7. The Kier molecular flexibility index (Phi) is 4.69. The highest BCUT2D eigenvalue weighted by Gasteiger charge is 2.20. The molecule has 18 heavy (non-hydrogen) atoms. The van der Waals surface area contributed by atoms with Gasteiger partial charge in [-0.05, 0) is 28.3 Å². The zero-order valence-corrected chi connectivity index (χ0v) is 13.1. The fourth-order valence-electron chi connectivity index (χ4n) is 2.48. The topological polar surface area (TPSA) is 0 Å². The van der Waals surface area contributed by atoms with Crippen LogP contribution in [0.4, 0.5) is 0 Å². The molecule has 0 nitrogen and oxygen atoms in total. The Hall–Kier alpha value is -0.530. The van der Waals surface area contributed by atoms with E-state index in [1.807, 2.05) is 0 Å². The van der Waals surface area contributed by atoms with Gasteiger partial charge in [-0.25, -0.2) is 0 Å². The molecule has 0 heterocycles. The van der Waals surface area contributed by atoms with Crippen LogP contribution in [0.3, 0.4) is 0 Å². The minimum atomic E-state index is 0.0954. The molecular formula is C16H18BrCl. The van der Waals surface area contributed by atoms with Crippen LogP contribution in [-0.4, -0.2) is 0 Å². The summed E-state index contributed by atoms with van der Waals surface area (Å²) < 4.78 is 1.13. The molecule has 0 aliphatic heterocycles. The molecule has 0 aliphatic carbocycles. The molecule has 1 unspecified atom stereocenters. The summed E-state index contributed by atoms with van der Waals surface area (Å²) in [6.45, 7) is 4.43. The van der Waals surface area contributed by atoms with Crippen molar-refractivity contribution in [2.75, 3.05) is 0 Å². The summed E-state index contributed by atoms with van der Waals surface area (Å²) in [5, 5.41) is 2.60. The van der Waals surface area contributed by atoms with Crippen LogP contribution in [0.2, 0.25) is 0 Å². The molecule has 1 atom stereocenters. The minimum Gasteiger partial charge on any atom is -0.117 e. The predicted molar refractivity (Wildman–Crippen MR) is 84.3 cm³/mol. The summed E-state index contributed by atoms with van der Waals surface area (Å²) in [6.07, 6.45) is 2.24. The van der Waals surface area contributed by atoms with Gasteiger partial charge in [-0.1, -0.05) is 73.0 Å². The van der Waals surface area contributed by atoms with Crippen molar-refractivity contribution in [3.8, 4) is 0 Å². The molecule has 2 aromatic rings. The van der Waals surface area contributed by atoms with Gasteiger partial charge in [0.05, 0.1) is 5.38 Å². The van der Waals surface area contributed by atoms with E-state index < -0.39 is 0 Å². The third-order valence-corrected chi connectivity index (χ3v) is 4.95. The van der Waals surface area contributed by atoms with Crippen molar-refractivity contribution < 1.29 is 0 Å². The third kappa shape index (κ3) is 2.57. The molecule has 0 aliphatic rings. The molecule has 0 amide bonds. The molecule has 0 saturated heterocycles. The van der Waals surface area contributed by atoms with E-state index in [1.54, 1.807) is 0 Å². The lowest BCUT2D eigenvalue weighted by Crippen LogP contribution is -2.06. The Labute approximate surface area is 122 Å². The summed E-state index contributed by atoms with van der Waals surface area (Å²) in [5.74, 6) is 0.538. The number of benzene rings is 2. The quantitative estimate of drug-likeness (QED) is 0.577. The van der Waals surface area contributed by atoms with Crippen molar-refractivity contribution in [2.45, 2.75) is 32.1 Å². The second-order valence-electron chi connectivity index (χ2n) is 4.66.